The van der Waals surface area contributed by atoms with Crippen LogP contribution in [0.3, 0.4) is 0 Å². The molecule has 1 amide bonds. The van der Waals surface area contributed by atoms with Gasteiger partial charge in [-0.3, -0.25) is 9.89 Å². The summed E-state index contributed by atoms with van der Waals surface area (Å²) in [5.74, 6) is -0.0745. The molecular formula is C9H14BrN3O. The van der Waals surface area contributed by atoms with Crippen LogP contribution < -0.4 is 5.32 Å². The number of rotatable bonds is 5. The number of aromatic amines is 1. The minimum absolute atomic E-state index is 0.0745. The molecule has 1 rings (SSSR count). The van der Waals surface area contributed by atoms with E-state index in [9.17, 15) is 4.79 Å². The highest BCUT2D eigenvalue weighted by atomic mass is 79.9. The maximum atomic E-state index is 11.4. The summed E-state index contributed by atoms with van der Waals surface area (Å²) in [7, 11) is 0. The van der Waals surface area contributed by atoms with Gasteiger partial charge in [0.15, 0.2) is 0 Å². The first-order valence-corrected chi connectivity index (χ1v) is 5.56. The number of amides is 1. The lowest BCUT2D eigenvalue weighted by molar-refractivity contribution is 0.0953. The zero-order chi connectivity index (χ0) is 10.4. The van der Waals surface area contributed by atoms with E-state index in [2.05, 4.69) is 38.4 Å². The van der Waals surface area contributed by atoms with Gasteiger partial charge in [0.2, 0.25) is 0 Å². The number of nitrogens with zero attached hydrogens (tertiary/aromatic N) is 1. The molecule has 1 unspecified atom stereocenters. The van der Waals surface area contributed by atoms with Crippen LogP contribution in [0.1, 0.15) is 30.1 Å². The van der Waals surface area contributed by atoms with Crippen molar-refractivity contribution in [2.45, 2.75) is 24.6 Å². The summed E-state index contributed by atoms with van der Waals surface area (Å²) in [4.78, 5) is 11.9. The van der Waals surface area contributed by atoms with Gasteiger partial charge in [-0.25, -0.2) is 0 Å². The van der Waals surface area contributed by atoms with Crippen molar-refractivity contribution in [3.05, 3.63) is 18.0 Å². The van der Waals surface area contributed by atoms with E-state index >= 15 is 0 Å². The Hall–Kier alpha value is -0.840. The van der Waals surface area contributed by atoms with E-state index in [0.717, 1.165) is 12.8 Å². The molecule has 1 aromatic rings. The molecule has 0 saturated carbocycles. The molecule has 0 spiro atoms. The highest BCUT2D eigenvalue weighted by Gasteiger charge is 2.06. The molecule has 14 heavy (non-hydrogen) atoms. The van der Waals surface area contributed by atoms with E-state index in [1.165, 1.54) is 6.20 Å². The quantitative estimate of drug-likeness (QED) is 0.792. The van der Waals surface area contributed by atoms with Gasteiger partial charge in [-0.15, -0.1) is 0 Å². The van der Waals surface area contributed by atoms with E-state index in [1.54, 1.807) is 6.20 Å². The Labute approximate surface area is 91.6 Å². The Bertz CT molecular complexity index is 274. The largest absolute Gasteiger partial charge is 0.352 e. The molecule has 0 aliphatic heterocycles. The fraction of sp³-hybridized carbons (Fsp3) is 0.556. The third kappa shape index (κ3) is 3.49. The second-order valence-electron chi connectivity index (χ2n) is 3.04. The van der Waals surface area contributed by atoms with Gasteiger partial charge >= 0.3 is 0 Å². The highest BCUT2D eigenvalue weighted by molar-refractivity contribution is 9.09. The monoisotopic (exact) mass is 259 g/mol. The summed E-state index contributed by atoms with van der Waals surface area (Å²) in [5.41, 5.74) is 0.577. The number of carbonyl (C=O) groups excluding carboxylic acids is 1. The molecule has 4 nitrogen and oxygen atoms in total. The molecule has 1 atom stereocenters. The van der Waals surface area contributed by atoms with Crippen LogP contribution in [-0.4, -0.2) is 27.5 Å². The first-order chi connectivity index (χ1) is 6.74. The van der Waals surface area contributed by atoms with Crippen LogP contribution in [0.5, 0.6) is 0 Å². The number of halogens is 1. The Morgan fingerprint density at radius 3 is 3.14 bits per heavy atom. The molecule has 5 heteroatoms. The molecule has 1 aromatic heterocycles. The van der Waals surface area contributed by atoms with Crippen LogP contribution in [0.2, 0.25) is 0 Å². The number of carbonyl (C=O) groups is 1. The third-order valence-corrected chi connectivity index (χ3v) is 3.05. The lowest BCUT2D eigenvalue weighted by Crippen LogP contribution is -2.25. The van der Waals surface area contributed by atoms with Crippen molar-refractivity contribution in [2.24, 2.45) is 0 Å². The molecule has 0 fully saturated rings. The Kier molecular flexibility index (Phi) is 4.65. The molecule has 2 N–H and O–H groups in total. The zero-order valence-electron chi connectivity index (χ0n) is 8.09. The predicted octanol–water partition coefficient (Wildman–Crippen LogP) is 1.70. The van der Waals surface area contributed by atoms with Crippen molar-refractivity contribution in [1.29, 1.82) is 0 Å². The fourth-order valence-corrected chi connectivity index (χ4v) is 1.25. The highest BCUT2D eigenvalue weighted by Crippen LogP contribution is 2.07. The molecule has 0 bridgehead atoms. The number of aromatic nitrogens is 2. The Balaban J connectivity index is 2.23. The van der Waals surface area contributed by atoms with Crippen molar-refractivity contribution in [3.8, 4) is 0 Å². The van der Waals surface area contributed by atoms with Crippen LogP contribution in [-0.2, 0) is 0 Å². The van der Waals surface area contributed by atoms with Crippen LogP contribution in [0.25, 0.3) is 0 Å². The van der Waals surface area contributed by atoms with Gasteiger partial charge in [0.25, 0.3) is 5.91 Å². The van der Waals surface area contributed by atoms with Crippen molar-refractivity contribution in [3.63, 3.8) is 0 Å². The lowest BCUT2D eigenvalue weighted by atomic mass is 10.2. The third-order valence-electron chi connectivity index (χ3n) is 1.95. The second kappa shape index (κ2) is 5.80. The van der Waals surface area contributed by atoms with Gasteiger partial charge in [0.05, 0.1) is 11.8 Å². The maximum absolute atomic E-state index is 11.4. The molecule has 0 saturated heterocycles. The molecule has 0 aliphatic rings. The minimum atomic E-state index is -0.0745. The first-order valence-electron chi connectivity index (χ1n) is 4.65. The predicted molar refractivity (Wildman–Crippen MR) is 58.5 cm³/mol. The van der Waals surface area contributed by atoms with Crippen LogP contribution in [0, 0.1) is 0 Å². The molecular weight excluding hydrogens is 246 g/mol. The number of hydrogen-bond donors (Lipinski definition) is 2. The number of alkyl halides is 1. The summed E-state index contributed by atoms with van der Waals surface area (Å²) in [6, 6.07) is 0. The normalized spacial score (nSPS) is 12.4. The fourth-order valence-electron chi connectivity index (χ4n) is 1.02. The van der Waals surface area contributed by atoms with Gasteiger partial charge in [-0.05, 0) is 12.8 Å². The minimum Gasteiger partial charge on any atom is -0.352 e. The lowest BCUT2D eigenvalue weighted by Gasteiger charge is -2.06. The maximum Gasteiger partial charge on any atom is 0.254 e. The van der Waals surface area contributed by atoms with Gasteiger partial charge in [-0.2, -0.15) is 5.10 Å². The van der Waals surface area contributed by atoms with Crippen molar-refractivity contribution in [2.75, 3.05) is 6.54 Å². The molecule has 0 radical (unpaired) electrons. The Morgan fingerprint density at radius 2 is 2.57 bits per heavy atom. The number of H-pyrrole nitrogens is 1. The van der Waals surface area contributed by atoms with Gasteiger partial charge < -0.3 is 5.32 Å². The molecule has 78 valence electrons. The summed E-state index contributed by atoms with van der Waals surface area (Å²) in [6.07, 6.45) is 5.11. The second-order valence-corrected chi connectivity index (χ2v) is 4.33. The van der Waals surface area contributed by atoms with E-state index in [4.69, 9.17) is 0 Å². The molecule has 1 heterocycles. The van der Waals surface area contributed by atoms with E-state index in [1.807, 2.05) is 0 Å². The summed E-state index contributed by atoms with van der Waals surface area (Å²) in [6.45, 7) is 2.80. The standard InChI is InChI=1S/C9H14BrN3O/c1-2-8(10)3-4-11-9(14)7-5-12-13-6-7/h5-6,8H,2-4H2,1H3,(H,11,14)(H,12,13). The van der Waals surface area contributed by atoms with Crippen molar-refractivity contribution >= 4 is 21.8 Å². The van der Waals surface area contributed by atoms with Crippen LogP contribution in [0.15, 0.2) is 12.4 Å². The van der Waals surface area contributed by atoms with Gasteiger partial charge in [0, 0.05) is 17.6 Å². The molecule has 0 aliphatic carbocycles. The topological polar surface area (TPSA) is 57.8 Å². The number of nitrogens with one attached hydrogen (secondary N) is 2. The van der Waals surface area contributed by atoms with Crippen molar-refractivity contribution < 1.29 is 4.79 Å². The summed E-state index contributed by atoms with van der Waals surface area (Å²) < 4.78 is 0. The zero-order valence-corrected chi connectivity index (χ0v) is 9.67. The summed E-state index contributed by atoms with van der Waals surface area (Å²) in [5, 5.41) is 9.13. The first kappa shape index (κ1) is 11.2. The van der Waals surface area contributed by atoms with E-state index in [-0.39, 0.29) is 5.91 Å². The van der Waals surface area contributed by atoms with Crippen LogP contribution >= 0.6 is 15.9 Å². The van der Waals surface area contributed by atoms with Crippen LogP contribution in [0.4, 0.5) is 0 Å². The smallest absolute Gasteiger partial charge is 0.254 e. The van der Waals surface area contributed by atoms with Gasteiger partial charge in [0.1, 0.15) is 0 Å². The average Bonchev–Trinajstić information content (AvgIpc) is 2.70. The average molecular weight is 260 g/mol. The van der Waals surface area contributed by atoms with Gasteiger partial charge in [-0.1, -0.05) is 22.9 Å². The van der Waals surface area contributed by atoms with E-state index < -0.39 is 0 Å². The molecule has 0 aromatic carbocycles. The SMILES string of the molecule is CCC(Br)CCNC(=O)c1cn[nH]c1. The van der Waals surface area contributed by atoms with E-state index in [0.29, 0.717) is 16.9 Å². The van der Waals surface area contributed by atoms with Crippen molar-refractivity contribution in [1.82, 2.24) is 15.5 Å². The Morgan fingerprint density at radius 1 is 1.79 bits per heavy atom. The number of hydrogen-bond acceptors (Lipinski definition) is 2. The summed E-state index contributed by atoms with van der Waals surface area (Å²) >= 11 is 3.51.